The first-order chi connectivity index (χ1) is 6.29. The minimum atomic E-state index is 0. The zero-order valence-corrected chi connectivity index (χ0v) is 10.5. The zero-order valence-electron chi connectivity index (χ0n) is 8.90. The fourth-order valence-corrected chi connectivity index (χ4v) is 1.80. The van der Waals surface area contributed by atoms with Crippen molar-refractivity contribution in [2.24, 2.45) is 5.73 Å². The van der Waals surface area contributed by atoms with Gasteiger partial charge in [-0.25, -0.2) is 0 Å². The fraction of sp³-hybridized carbons (Fsp3) is 0.545. The molecule has 1 aliphatic carbocycles. The molecule has 0 saturated heterocycles. The molecular formula is C11H18Cl2N2. The molecule has 2 rings (SSSR count). The molecule has 0 amide bonds. The molecule has 2 N–H and O–H groups in total. The van der Waals surface area contributed by atoms with Crippen LogP contribution in [0.4, 0.5) is 0 Å². The minimum absolute atomic E-state index is 0. The summed E-state index contributed by atoms with van der Waals surface area (Å²) < 4.78 is 0. The van der Waals surface area contributed by atoms with Gasteiger partial charge in [0.25, 0.3) is 0 Å². The molecule has 0 radical (unpaired) electrons. The van der Waals surface area contributed by atoms with Crippen LogP contribution in [0.5, 0.6) is 0 Å². The maximum absolute atomic E-state index is 5.62. The summed E-state index contributed by atoms with van der Waals surface area (Å²) in [5, 5.41) is 0. The Morgan fingerprint density at radius 3 is 2.47 bits per heavy atom. The average molecular weight is 249 g/mol. The van der Waals surface area contributed by atoms with Crippen LogP contribution in [0.2, 0.25) is 0 Å². The highest BCUT2D eigenvalue weighted by Crippen LogP contribution is 2.35. The molecule has 0 unspecified atom stereocenters. The molecule has 0 atom stereocenters. The van der Waals surface area contributed by atoms with Crippen molar-refractivity contribution in [1.29, 1.82) is 0 Å². The van der Waals surface area contributed by atoms with E-state index in [4.69, 9.17) is 5.73 Å². The van der Waals surface area contributed by atoms with Crippen LogP contribution >= 0.6 is 24.8 Å². The topological polar surface area (TPSA) is 38.9 Å². The molecule has 4 heteroatoms. The van der Waals surface area contributed by atoms with Crippen LogP contribution < -0.4 is 5.73 Å². The van der Waals surface area contributed by atoms with Crippen molar-refractivity contribution in [3.8, 4) is 0 Å². The summed E-state index contributed by atoms with van der Waals surface area (Å²) in [6, 6.07) is 4.24. The number of aromatic nitrogens is 1. The summed E-state index contributed by atoms with van der Waals surface area (Å²) in [6.07, 6.45) is 3.97. The number of halogens is 2. The van der Waals surface area contributed by atoms with Crippen molar-refractivity contribution in [3.63, 3.8) is 0 Å². The Bertz CT molecular complexity index is 311. The van der Waals surface area contributed by atoms with Crippen molar-refractivity contribution in [1.82, 2.24) is 4.98 Å². The highest BCUT2D eigenvalue weighted by atomic mass is 35.5. The number of hydrogen-bond donors (Lipinski definition) is 1. The van der Waals surface area contributed by atoms with E-state index in [0.717, 1.165) is 5.69 Å². The van der Waals surface area contributed by atoms with Crippen LogP contribution in [-0.4, -0.2) is 4.98 Å². The van der Waals surface area contributed by atoms with Gasteiger partial charge in [0.05, 0.1) is 0 Å². The van der Waals surface area contributed by atoms with Gasteiger partial charge in [-0.2, -0.15) is 0 Å². The lowest BCUT2D eigenvalue weighted by atomic mass is 9.82. The molecule has 1 aromatic heterocycles. The molecule has 1 heterocycles. The van der Waals surface area contributed by atoms with Gasteiger partial charge in [-0.05, 0) is 37.5 Å². The smallest absolute Gasteiger partial charge is 0.0440 e. The number of aryl methyl sites for hydroxylation is 1. The first-order valence-electron chi connectivity index (χ1n) is 4.97. The van der Waals surface area contributed by atoms with E-state index in [1.54, 1.807) is 0 Å². The van der Waals surface area contributed by atoms with Crippen molar-refractivity contribution >= 4 is 24.8 Å². The van der Waals surface area contributed by atoms with Crippen LogP contribution in [0.15, 0.2) is 12.1 Å². The predicted octanol–water partition coefficient (Wildman–Crippen LogP) is 2.96. The third-order valence-electron chi connectivity index (χ3n) is 2.79. The molecule has 0 aliphatic heterocycles. The average Bonchev–Trinajstić information content (AvgIpc) is 2.00. The van der Waals surface area contributed by atoms with Crippen LogP contribution in [-0.2, 0) is 6.54 Å². The fourth-order valence-electron chi connectivity index (χ4n) is 1.80. The lowest BCUT2D eigenvalue weighted by Crippen LogP contribution is -2.12. The second-order valence-corrected chi connectivity index (χ2v) is 3.87. The molecule has 15 heavy (non-hydrogen) atoms. The van der Waals surface area contributed by atoms with E-state index < -0.39 is 0 Å². The van der Waals surface area contributed by atoms with Crippen molar-refractivity contribution in [2.45, 2.75) is 38.6 Å². The second kappa shape index (κ2) is 6.31. The highest BCUT2D eigenvalue weighted by Gasteiger charge is 2.20. The van der Waals surface area contributed by atoms with Gasteiger partial charge < -0.3 is 5.73 Å². The second-order valence-electron chi connectivity index (χ2n) is 3.87. The first-order valence-corrected chi connectivity index (χ1v) is 4.97. The van der Waals surface area contributed by atoms with E-state index in [0.29, 0.717) is 12.5 Å². The van der Waals surface area contributed by atoms with Gasteiger partial charge in [0.1, 0.15) is 0 Å². The number of nitrogens with zero attached hydrogens (tertiary/aromatic N) is 1. The van der Waals surface area contributed by atoms with Gasteiger partial charge in [-0.15, -0.1) is 24.8 Å². The standard InChI is InChI=1S/C11H16N2.2ClH/c1-8-5-9(7-12)6-11(13-8)10-3-2-4-10;;/h5-6,10H,2-4,7,12H2,1H3;2*1H. The van der Waals surface area contributed by atoms with E-state index in [1.165, 1.54) is 30.5 Å². The number of hydrogen-bond acceptors (Lipinski definition) is 2. The SMILES string of the molecule is Cc1cc(CN)cc(C2CCC2)n1.Cl.Cl. The predicted molar refractivity (Wildman–Crippen MR) is 68.0 cm³/mol. The van der Waals surface area contributed by atoms with E-state index >= 15 is 0 Å². The summed E-state index contributed by atoms with van der Waals surface area (Å²) in [5.41, 5.74) is 9.19. The molecule has 0 aromatic carbocycles. The van der Waals surface area contributed by atoms with Gasteiger partial charge in [0.2, 0.25) is 0 Å². The number of rotatable bonds is 2. The van der Waals surface area contributed by atoms with Crippen LogP contribution in [0.1, 0.15) is 42.1 Å². The monoisotopic (exact) mass is 248 g/mol. The Morgan fingerprint density at radius 2 is 2.00 bits per heavy atom. The van der Waals surface area contributed by atoms with Gasteiger partial charge in [-0.1, -0.05) is 6.42 Å². The van der Waals surface area contributed by atoms with E-state index in [2.05, 4.69) is 17.1 Å². The van der Waals surface area contributed by atoms with Crippen molar-refractivity contribution in [3.05, 3.63) is 29.1 Å². The van der Waals surface area contributed by atoms with Crippen LogP contribution in [0.25, 0.3) is 0 Å². The highest BCUT2D eigenvalue weighted by molar-refractivity contribution is 5.85. The Balaban J connectivity index is 0.000000980. The lowest BCUT2D eigenvalue weighted by Gasteiger charge is -2.25. The normalized spacial score (nSPS) is 14.8. The summed E-state index contributed by atoms with van der Waals surface area (Å²) in [5.74, 6) is 0.713. The van der Waals surface area contributed by atoms with Gasteiger partial charge >= 0.3 is 0 Å². The molecular weight excluding hydrogens is 231 g/mol. The third-order valence-corrected chi connectivity index (χ3v) is 2.79. The van der Waals surface area contributed by atoms with Gasteiger partial charge in [0, 0.05) is 23.9 Å². The maximum atomic E-state index is 5.62. The Kier molecular flexibility index (Phi) is 6.18. The minimum Gasteiger partial charge on any atom is -0.326 e. The quantitative estimate of drug-likeness (QED) is 0.875. The Labute approximate surface area is 103 Å². The van der Waals surface area contributed by atoms with Crippen LogP contribution in [0.3, 0.4) is 0 Å². The summed E-state index contributed by atoms with van der Waals surface area (Å²) in [6.45, 7) is 2.67. The molecule has 1 fully saturated rings. The van der Waals surface area contributed by atoms with Crippen molar-refractivity contribution in [2.75, 3.05) is 0 Å². The maximum Gasteiger partial charge on any atom is 0.0440 e. The molecule has 1 aromatic rings. The molecule has 86 valence electrons. The summed E-state index contributed by atoms with van der Waals surface area (Å²) in [4.78, 5) is 4.55. The summed E-state index contributed by atoms with van der Waals surface area (Å²) >= 11 is 0. The third kappa shape index (κ3) is 3.33. The first kappa shape index (κ1) is 14.7. The molecule has 1 aliphatic rings. The zero-order chi connectivity index (χ0) is 9.26. The van der Waals surface area contributed by atoms with E-state index in [-0.39, 0.29) is 24.8 Å². The number of nitrogens with two attached hydrogens (primary N) is 1. The molecule has 0 bridgehead atoms. The largest absolute Gasteiger partial charge is 0.326 e. The Morgan fingerprint density at radius 1 is 1.33 bits per heavy atom. The molecule has 1 saturated carbocycles. The number of pyridine rings is 1. The lowest BCUT2D eigenvalue weighted by molar-refractivity contribution is 0.410. The Hall–Kier alpha value is -0.310. The summed E-state index contributed by atoms with van der Waals surface area (Å²) in [7, 11) is 0. The van der Waals surface area contributed by atoms with Gasteiger partial charge in [0.15, 0.2) is 0 Å². The molecule has 0 spiro atoms. The van der Waals surface area contributed by atoms with Crippen LogP contribution in [0, 0.1) is 6.92 Å². The van der Waals surface area contributed by atoms with Gasteiger partial charge in [-0.3, -0.25) is 4.98 Å². The van der Waals surface area contributed by atoms with E-state index in [9.17, 15) is 0 Å². The van der Waals surface area contributed by atoms with E-state index in [1.807, 2.05) is 6.92 Å². The van der Waals surface area contributed by atoms with Crippen molar-refractivity contribution < 1.29 is 0 Å². The molecule has 2 nitrogen and oxygen atoms in total.